The molecule has 2 nitrogen and oxygen atoms in total. The van der Waals surface area contributed by atoms with E-state index < -0.39 is 0 Å². The number of likely N-dealkylation sites (tertiary alicyclic amines) is 1. The number of rotatable bonds is 6. The molecule has 1 heterocycles. The lowest BCUT2D eigenvalue weighted by molar-refractivity contribution is 0.0235. The van der Waals surface area contributed by atoms with Crippen molar-refractivity contribution in [1.29, 1.82) is 0 Å². The second kappa shape index (κ2) is 5.50. The normalized spacial score (nSPS) is 24.6. The molecule has 1 atom stereocenters. The maximum Gasteiger partial charge on any atom is 0.0334 e. The minimum Gasteiger partial charge on any atom is -0.329 e. The Morgan fingerprint density at radius 3 is 2.38 bits per heavy atom. The van der Waals surface area contributed by atoms with Crippen LogP contribution in [0.25, 0.3) is 0 Å². The molecule has 1 aliphatic heterocycles. The number of unbranched alkanes of at least 4 members (excludes halogenated alkanes) is 1. The van der Waals surface area contributed by atoms with Gasteiger partial charge in [0.25, 0.3) is 0 Å². The van der Waals surface area contributed by atoms with E-state index in [0.717, 1.165) is 6.54 Å². The molecule has 1 rings (SSSR count). The van der Waals surface area contributed by atoms with Crippen molar-refractivity contribution in [1.82, 2.24) is 4.90 Å². The van der Waals surface area contributed by atoms with E-state index >= 15 is 0 Å². The second-order valence-corrected chi connectivity index (χ2v) is 5.95. The van der Waals surface area contributed by atoms with E-state index in [4.69, 9.17) is 5.73 Å². The summed E-state index contributed by atoms with van der Waals surface area (Å²) in [5.41, 5.74) is 6.73. The van der Waals surface area contributed by atoms with Gasteiger partial charge in [-0.25, -0.2) is 0 Å². The van der Waals surface area contributed by atoms with Gasteiger partial charge in [-0.2, -0.15) is 0 Å². The molecular weight excluding hydrogens is 196 g/mol. The van der Waals surface area contributed by atoms with Crippen LogP contribution in [0.3, 0.4) is 0 Å². The Balaban J connectivity index is 2.82. The zero-order chi connectivity index (χ0) is 12.2. The summed E-state index contributed by atoms with van der Waals surface area (Å²) in [4.78, 5) is 2.70. The van der Waals surface area contributed by atoms with Gasteiger partial charge in [0.15, 0.2) is 0 Å². The molecule has 0 radical (unpaired) electrons. The molecule has 1 unspecified atom stereocenters. The van der Waals surface area contributed by atoms with E-state index in [0.29, 0.717) is 5.54 Å². The van der Waals surface area contributed by atoms with E-state index in [2.05, 4.69) is 32.6 Å². The van der Waals surface area contributed by atoms with Crippen LogP contribution in [0.5, 0.6) is 0 Å². The zero-order valence-electron chi connectivity index (χ0n) is 11.7. The summed E-state index contributed by atoms with van der Waals surface area (Å²) >= 11 is 0. The molecule has 0 spiro atoms. The second-order valence-electron chi connectivity index (χ2n) is 5.95. The average Bonchev–Trinajstić information content (AvgIpc) is 2.62. The monoisotopic (exact) mass is 226 g/mol. The molecule has 1 fully saturated rings. The standard InChI is InChI=1S/C14H30N2/c1-5-7-10-14(6-2,12-15)16-11-8-9-13(16,3)4/h5-12,15H2,1-4H3. The summed E-state index contributed by atoms with van der Waals surface area (Å²) in [6, 6.07) is 0. The summed E-state index contributed by atoms with van der Waals surface area (Å²) < 4.78 is 0. The fourth-order valence-corrected chi connectivity index (χ4v) is 3.35. The van der Waals surface area contributed by atoms with E-state index in [9.17, 15) is 0 Å². The van der Waals surface area contributed by atoms with Gasteiger partial charge in [0, 0.05) is 17.6 Å². The average molecular weight is 226 g/mol. The first-order valence-corrected chi connectivity index (χ1v) is 7.00. The Morgan fingerprint density at radius 1 is 1.31 bits per heavy atom. The van der Waals surface area contributed by atoms with Crippen molar-refractivity contribution in [2.24, 2.45) is 5.73 Å². The smallest absolute Gasteiger partial charge is 0.0334 e. The molecule has 0 aromatic rings. The van der Waals surface area contributed by atoms with Crippen LogP contribution < -0.4 is 5.73 Å². The molecule has 0 aromatic carbocycles. The van der Waals surface area contributed by atoms with Crippen molar-refractivity contribution in [2.45, 2.75) is 77.3 Å². The lowest BCUT2D eigenvalue weighted by atomic mass is 9.84. The highest BCUT2D eigenvalue weighted by Crippen LogP contribution is 2.38. The fourth-order valence-electron chi connectivity index (χ4n) is 3.35. The van der Waals surface area contributed by atoms with Gasteiger partial charge in [-0.3, -0.25) is 4.90 Å². The van der Waals surface area contributed by atoms with E-state index in [1.807, 2.05) is 0 Å². The van der Waals surface area contributed by atoms with Gasteiger partial charge in [-0.05, 0) is 46.1 Å². The summed E-state index contributed by atoms with van der Waals surface area (Å²) in [6.45, 7) is 11.4. The molecule has 0 aromatic heterocycles. The minimum atomic E-state index is 0.260. The van der Waals surface area contributed by atoms with Crippen LogP contribution in [-0.2, 0) is 0 Å². The molecule has 0 amide bonds. The molecule has 0 saturated carbocycles. The Kier molecular flexibility index (Phi) is 4.81. The number of nitrogens with zero attached hydrogens (tertiary/aromatic N) is 1. The molecule has 2 heteroatoms. The third-order valence-corrected chi connectivity index (χ3v) is 4.51. The van der Waals surface area contributed by atoms with Crippen LogP contribution in [-0.4, -0.2) is 29.1 Å². The van der Waals surface area contributed by atoms with Crippen molar-refractivity contribution >= 4 is 0 Å². The molecule has 1 saturated heterocycles. The third-order valence-electron chi connectivity index (χ3n) is 4.51. The van der Waals surface area contributed by atoms with Crippen molar-refractivity contribution in [3.05, 3.63) is 0 Å². The molecule has 0 bridgehead atoms. The first-order chi connectivity index (χ1) is 7.52. The summed E-state index contributed by atoms with van der Waals surface area (Å²) in [6.07, 6.45) is 7.68. The Bertz CT molecular complexity index is 207. The van der Waals surface area contributed by atoms with E-state index in [1.165, 1.54) is 45.1 Å². The van der Waals surface area contributed by atoms with Gasteiger partial charge in [-0.1, -0.05) is 26.7 Å². The van der Waals surface area contributed by atoms with Gasteiger partial charge in [0.1, 0.15) is 0 Å². The SMILES string of the molecule is CCCCC(CC)(CN)N1CCCC1(C)C. The maximum absolute atomic E-state index is 6.12. The van der Waals surface area contributed by atoms with Crippen LogP contribution in [0.2, 0.25) is 0 Å². The van der Waals surface area contributed by atoms with Crippen LogP contribution in [0.4, 0.5) is 0 Å². The van der Waals surface area contributed by atoms with Crippen molar-refractivity contribution in [2.75, 3.05) is 13.1 Å². The van der Waals surface area contributed by atoms with Gasteiger partial charge in [-0.15, -0.1) is 0 Å². The van der Waals surface area contributed by atoms with Gasteiger partial charge in [0.05, 0.1) is 0 Å². The van der Waals surface area contributed by atoms with Gasteiger partial charge >= 0.3 is 0 Å². The van der Waals surface area contributed by atoms with Crippen molar-refractivity contribution in [3.8, 4) is 0 Å². The molecule has 96 valence electrons. The summed E-state index contributed by atoms with van der Waals surface area (Å²) in [5.74, 6) is 0. The first-order valence-electron chi connectivity index (χ1n) is 7.00. The van der Waals surface area contributed by atoms with Crippen LogP contribution >= 0.6 is 0 Å². The van der Waals surface area contributed by atoms with E-state index in [-0.39, 0.29) is 5.54 Å². The van der Waals surface area contributed by atoms with E-state index in [1.54, 1.807) is 0 Å². The first kappa shape index (κ1) is 14.0. The molecule has 16 heavy (non-hydrogen) atoms. The Hall–Kier alpha value is -0.0800. The highest BCUT2D eigenvalue weighted by atomic mass is 15.3. The third kappa shape index (κ3) is 2.60. The topological polar surface area (TPSA) is 29.3 Å². The molecule has 2 N–H and O–H groups in total. The van der Waals surface area contributed by atoms with Crippen LogP contribution in [0.1, 0.15) is 66.2 Å². The Morgan fingerprint density at radius 2 is 2.00 bits per heavy atom. The maximum atomic E-state index is 6.12. The van der Waals surface area contributed by atoms with Gasteiger partial charge in [0.2, 0.25) is 0 Å². The molecule has 1 aliphatic rings. The lowest BCUT2D eigenvalue weighted by Crippen LogP contribution is -2.58. The van der Waals surface area contributed by atoms with Crippen LogP contribution in [0.15, 0.2) is 0 Å². The number of nitrogens with two attached hydrogens (primary N) is 1. The highest BCUT2D eigenvalue weighted by molar-refractivity contribution is 5.01. The number of hydrogen-bond donors (Lipinski definition) is 1. The predicted molar refractivity (Wildman–Crippen MR) is 71.6 cm³/mol. The predicted octanol–water partition coefficient (Wildman–Crippen LogP) is 3.16. The number of hydrogen-bond acceptors (Lipinski definition) is 2. The fraction of sp³-hybridized carbons (Fsp3) is 1.00. The summed E-state index contributed by atoms with van der Waals surface area (Å²) in [7, 11) is 0. The zero-order valence-corrected chi connectivity index (χ0v) is 11.7. The summed E-state index contributed by atoms with van der Waals surface area (Å²) in [5, 5.41) is 0. The van der Waals surface area contributed by atoms with Crippen molar-refractivity contribution < 1.29 is 0 Å². The Labute approximate surface area is 102 Å². The highest BCUT2D eigenvalue weighted by Gasteiger charge is 2.44. The molecule has 0 aliphatic carbocycles. The quantitative estimate of drug-likeness (QED) is 0.754. The minimum absolute atomic E-state index is 0.260. The van der Waals surface area contributed by atoms with Crippen LogP contribution in [0, 0.1) is 0 Å². The largest absolute Gasteiger partial charge is 0.329 e. The van der Waals surface area contributed by atoms with Crippen molar-refractivity contribution in [3.63, 3.8) is 0 Å². The molecular formula is C14H30N2. The van der Waals surface area contributed by atoms with Gasteiger partial charge < -0.3 is 5.73 Å². The lowest BCUT2D eigenvalue weighted by Gasteiger charge is -2.48.